The van der Waals surface area contributed by atoms with Gasteiger partial charge in [0, 0.05) is 12.2 Å². The van der Waals surface area contributed by atoms with E-state index in [-0.39, 0.29) is 10.7 Å². The van der Waals surface area contributed by atoms with Crippen LogP contribution in [-0.4, -0.2) is 16.1 Å². The van der Waals surface area contributed by atoms with E-state index in [1.54, 1.807) is 0 Å². The van der Waals surface area contributed by atoms with E-state index in [4.69, 9.17) is 22.4 Å². The van der Waals surface area contributed by atoms with E-state index in [9.17, 15) is 4.79 Å². The Morgan fingerprint density at radius 3 is 2.93 bits per heavy atom. The normalized spacial score (nSPS) is 12.1. The van der Waals surface area contributed by atoms with Crippen LogP contribution in [0.3, 0.4) is 0 Å². The van der Waals surface area contributed by atoms with Crippen molar-refractivity contribution in [3.05, 3.63) is 41.2 Å². The molecule has 0 saturated heterocycles. The summed E-state index contributed by atoms with van der Waals surface area (Å²) in [6, 6.07) is 0.960. The van der Waals surface area contributed by atoms with Gasteiger partial charge in [0.05, 0.1) is 5.56 Å². The molecule has 1 heterocycles. The number of hydrogen-bond donors (Lipinski definition) is 2. The molecule has 4 nitrogen and oxygen atoms in total. The number of rotatable bonds is 3. The zero-order chi connectivity index (χ0) is 10.7. The number of carboxylic acid groups (broad SMARTS) is 1. The number of carboxylic acids is 1. The summed E-state index contributed by atoms with van der Waals surface area (Å²) in [7, 11) is 0. The maximum atomic E-state index is 10.7. The minimum atomic E-state index is -1.12. The average Bonchev–Trinajstić information content (AvgIpc) is 2.17. The number of nitrogens with two attached hydrogens (primary N) is 1. The molecule has 0 aliphatic carbocycles. The molecule has 74 valence electrons. The number of pyridine rings is 1. The Morgan fingerprint density at radius 1 is 1.79 bits per heavy atom. The summed E-state index contributed by atoms with van der Waals surface area (Å²) in [5.74, 6) is -1.12. The second kappa shape index (κ2) is 4.21. The van der Waals surface area contributed by atoms with Crippen molar-refractivity contribution < 1.29 is 9.90 Å². The molecule has 0 radical (unpaired) electrons. The van der Waals surface area contributed by atoms with Crippen LogP contribution in [0.1, 0.15) is 22.0 Å². The van der Waals surface area contributed by atoms with E-state index in [0.29, 0.717) is 5.56 Å². The van der Waals surface area contributed by atoms with Gasteiger partial charge in [-0.05, 0) is 11.6 Å². The number of halogens is 1. The molecule has 0 spiro atoms. The number of carbonyl (C=O) groups is 1. The molecule has 1 atom stereocenters. The minimum absolute atomic E-state index is 0.0440. The third kappa shape index (κ3) is 2.10. The molecule has 5 heteroatoms. The summed E-state index contributed by atoms with van der Waals surface area (Å²) in [5, 5.41) is 8.71. The summed E-state index contributed by atoms with van der Waals surface area (Å²) >= 11 is 5.58. The molecule has 0 unspecified atom stereocenters. The van der Waals surface area contributed by atoms with Crippen molar-refractivity contribution in [1.29, 1.82) is 0 Å². The second-order valence-corrected chi connectivity index (χ2v) is 3.03. The summed E-state index contributed by atoms with van der Waals surface area (Å²) in [4.78, 5) is 14.4. The van der Waals surface area contributed by atoms with Crippen molar-refractivity contribution in [3.63, 3.8) is 0 Å². The van der Waals surface area contributed by atoms with Crippen molar-refractivity contribution in [2.24, 2.45) is 5.73 Å². The molecule has 0 amide bonds. The highest BCUT2D eigenvalue weighted by Crippen LogP contribution is 2.18. The Morgan fingerprint density at radius 2 is 2.43 bits per heavy atom. The Kier molecular flexibility index (Phi) is 3.22. The maximum Gasteiger partial charge on any atom is 0.338 e. The zero-order valence-electron chi connectivity index (χ0n) is 7.27. The molecule has 1 aromatic heterocycles. The van der Waals surface area contributed by atoms with Gasteiger partial charge in [-0.25, -0.2) is 9.78 Å². The molecule has 0 aromatic carbocycles. The topological polar surface area (TPSA) is 76.2 Å². The monoisotopic (exact) mass is 212 g/mol. The molecular weight excluding hydrogens is 204 g/mol. The van der Waals surface area contributed by atoms with Crippen molar-refractivity contribution in [2.45, 2.75) is 6.04 Å². The largest absolute Gasteiger partial charge is 0.478 e. The van der Waals surface area contributed by atoms with Crippen LogP contribution in [-0.2, 0) is 0 Å². The number of nitrogens with zero attached hydrogens (tertiary/aromatic N) is 1. The van der Waals surface area contributed by atoms with Crippen LogP contribution in [0.15, 0.2) is 24.9 Å². The van der Waals surface area contributed by atoms with Crippen molar-refractivity contribution in [2.75, 3.05) is 0 Å². The quantitative estimate of drug-likeness (QED) is 0.590. The molecule has 1 aromatic rings. The van der Waals surface area contributed by atoms with Gasteiger partial charge in [0.15, 0.2) is 0 Å². The van der Waals surface area contributed by atoms with Crippen LogP contribution in [0.2, 0.25) is 5.15 Å². The fourth-order valence-corrected chi connectivity index (χ4v) is 1.12. The van der Waals surface area contributed by atoms with Gasteiger partial charge >= 0.3 is 5.97 Å². The first-order valence-corrected chi connectivity index (χ1v) is 4.21. The van der Waals surface area contributed by atoms with Crippen molar-refractivity contribution in [3.8, 4) is 0 Å². The van der Waals surface area contributed by atoms with E-state index in [1.807, 2.05) is 0 Å². The summed E-state index contributed by atoms with van der Waals surface area (Å²) in [5.41, 5.74) is 6.14. The predicted molar refractivity (Wildman–Crippen MR) is 53.3 cm³/mol. The minimum Gasteiger partial charge on any atom is -0.478 e. The third-order valence-corrected chi connectivity index (χ3v) is 2.03. The first kappa shape index (κ1) is 10.7. The highest BCUT2D eigenvalue weighted by molar-refractivity contribution is 6.32. The average molecular weight is 213 g/mol. The Labute approximate surface area is 86.0 Å². The Hall–Kier alpha value is -1.39. The van der Waals surface area contributed by atoms with E-state index in [2.05, 4.69) is 11.6 Å². The lowest BCUT2D eigenvalue weighted by Gasteiger charge is -2.07. The van der Waals surface area contributed by atoms with E-state index >= 15 is 0 Å². The maximum absolute atomic E-state index is 10.7. The molecule has 1 rings (SSSR count). The SMILES string of the molecule is C=C[C@H](N)c1cnc(Cl)c(C(=O)O)c1. The van der Waals surface area contributed by atoms with Gasteiger partial charge in [-0.2, -0.15) is 0 Å². The van der Waals surface area contributed by atoms with Crippen molar-refractivity contribution in [1.82, 2.24) is 4.98 Å². The third-order valence-electron chi connectivity index (χ3n) is 1.73. The fraction of sp³-hybridized carbons (Fsp3) is 0.111. The molecule has 0 aliphatic rings. The van der Waals surface area contributed by atoms with Gasteiger partial charge in [-0.1, -0.05) is 17.7 Å². The van der Waals surface area contributed by atoms with Crippen LogP contribution >= 0.6 is 11.6 Å². The smallest absolute Gasteiger partial charge is 0.338 e. The van der Waals surface area contributed by atoms with E-state index in [0.717, 1.165) is 0 Å². The Bertz CT molecular complexity index is 379. The first-order chi connectivity index (χ1) is 6.56. The summed E-state index contributed by atoms with van der Waals surface area (Å²) in [6.45, 7) is 3.50. The Balaban J connectivity index is 3.19. The number of aromatic carboxylic acids is 1. The molecule has 0 saturated carbocycles. The molecule has 14 heavy (non-hydrogen) atoms. The van der Waals surface area contributed by atoms with Crippen molar-refractivity contribution >= 4 is 17.6 Å². The fourth-order valence-electron chi connectivity index (χ4n) is 0.933. The zero-order valence-corrected chi connectivity index (χ0v) is 8.03. The van der Waals surface area contributed by atoms with Gasteiger partial charge in [-0.15, -0.1) is 6.58 Å². The van der Waals surface area contributed by atoms with Crippen LogP contribution in [0.5, 0.6) is 0 Å². The first-order valence-electron chi connectivity index (χ1n) is 3.83. The van der Waals surface area contributed by atoms with Gasteiger partial charge in [-0.3, -0.25) is 0 Å². The molecule has 3 N–H and O–H groups in total. The second-order valence-electron chi connectivity index (χ2n) is 2.67. The molecule has 0 bridgehead atoms. The highest BCUT2D eigenvalue weighted by Gasteiger charge is 2.12. The molecule has 0 aliphatic heterocycles. The van der Waals surface area contributed by atoms with Gasteiger partial charge < -0.3 is 10.8 Å². The standard InChI is InChI=1S/C9H9ClN2O2/c1-2-7(11)5-3-6(9(13)14)8(10)12-4-5/h2-4,7H,1,11H2,(H,13,14)/t7-/m0/s1. The van der Waals surface area contributed by atoms with Crippen LogP contribution in [0.25, 0.3) is 0 Å². The van der Waals surface area contributed by atoms with Gasteiger partial charge in [0.25, 0.3) is 0 Å². The highest BCUT2D eigenvalue weighted by atomic mass is 35.5. The van der Waals surface area contributed by atoms with E-state index < -0.39 is 12.0 Å². The summed E-state index contributed by atoms with van der Waals surface area (Å²) in [6.07, 6.45) is 2.93. The van der Waals surface area contributed by atoms with Gasteiger partial charge in [0.1, 0.15) is 5.15 Å². The van der Waals surface area contributed by atoms with E-state index in [1.165, 1.54) is 18.3 Å². The molecular formula is C9H9ClN2O2. The summed E-state index contributed by atoms with van der Waals surface area (Å²) < 4.78 is 0. The lowest BCUT2D eigenvalue weighted by atomic mass is 10.1. The van der Waals surface area contributed by atoms with Crippen LogP contribution in [0, 0.1) is 0 Å². The lowest BCUT2D eigenvalue weighted by Crippen LogP contribution is -2.09. The van der Waals surface area contributed by atoms with Crippen LogP contribution in [0.4, 0.5) is 0 Å². The predicted octanol–water partition coefficient (Wildman–Crippen LogP) is 1.62. The molecule has 0 fully saturated rings. The number of hydrogen-bond acceptors (Lipinski definition) is 3. The van der Waals surface area contributed by atoms with Crippen LogP contribution < -0.4 is 5.73 Å². The van der Waals surface area contributed by atoms with Gasteiger partial charge in [0.2, 0.25) is 0 Å². The lowest BCUT2D eigenvalue weighted by molar-refractivity contribution is 0.0696. The number of aromatic nitrogens is 1.